The number of carbonyl (C=O) groups is 2. The minimum atomic E-state index is -4.31. The fraction of sp³-hybridized carbons (Fsp3) is 0.0667. The van der Waals surface area contributed by atoms with Gasteiger partial charge < -0.3 is 14.8 Å². The van der Waals surface area contributed by atoms with Gasteiger partial charge in [0.2, 0.25) is 0 Å². The maximum absolute atomic E-state index is 13.5. The molecule has 0 unspecified atom stereocenters. The fourth-order valence-corrected chi connectivity index (χ4v) is 5.63. The standard InChI is InChI=1S/C30H24ClFN2O6S/c1-2-18-34(23-15-13-22(32)14-16-23)41(37,38)28-19-21(12-17-25(28)31)30(36)39-20-29(35)33-26-10-6-7-11-27(26)40-24-8-4-3-5-9-24/h2-17,19H,1,18,20H2,(H,33,35). The molecule has 0 bridgehead atoms. The number of hydrogen-bond acceptors (Lipinski definition) is 6. The van der Waals surface area contributed by atoms with Crippen molar-refractivity contribution in [3.63, 3.8) is 0 Å². The third kappa shape index (κ3) is 7.30. The highest BCUT2D eigenvalue weighted by Gasteiger charge is 2.28. The van der Waals surface area contributed by atoms with Gasteiger partial charge in [0.05, 0.1) is 28.5 Å². The first-order chi connectivity index (χ1) is 19.7. The van der Waals surface area contributed by atoms with E-state index in [1.807, 2.05) is 18.2 Å². The molecule has 0 atom stereocenters. The van der Waals surface area contributed by atoms with E-state index in [4.69, 9.17) is 21.1 Å². The summed E-state index contributed by atoms with van der Waals surface area (Å²) in [6.45, 7) is 2.79. The smallest absolute Gasteiger partial charge is 0.338 e. The van der Waals surface area contributed by atoms with Gasteiger partial charge in [0, 0.05) is 0 Å². The summed E-state index contributed by atoms with van der Waals surface area (Å²) >= 11 is 6.21. The largest absolute Gasteiger partial charge is 0.455 e. The first-order valence-corrected chi connectivity index (χ1v) is 14.0. The Hall–Kier alpha value is -4.67. The topological polar surface area (TPSA) is 102 Å². The highest BCUT2D eigenvalue weighted by molar-refractivity contribution is 7.93. The molecule has 41 heavy (non-hydrogen) atoms. The molecule has 0 aromatic heterocycles. The Balaban J connectivity index is 1.47. The molecule has 0 saturated heterocycles. The monoisotopic (exact) mass is 594 g/mol. The van der Waals surface area contributed by atoms with Gasteiger partial charge in [0.1, 0.15) is 16.5 Å². The Labute approximate surface area is 241 Å². The second-order valence-electron chi connectivity index (χ2n) is 8.48. The van der Waals surface area contributed by atoms with Crippen molar-refractivity contribution in [1.29, 1.82) is 0 Å². The van der Waals surface area contributed by atoms with Crippen LogP contribution >= 0.6 is 11.6 Å². The number of carbonyl (C=O) groups excluding carboxylic acids is 2. The molecular weight excluding hydrogens is 571 g/mol. The number of anilines is 2. The van der Waals surface area contributed by atoms with Crippen LogP contribution in [0.1, 0.15) is 10.4 Å². The van der Waals surface area contributed by atoms with E-state index in [2.05, 4.69) is 11.9 Å². The molecule has 4 aromatic carbocycles. The molecule has 210 valence electrons. The molecule has 0 aliphatic carbocycles. The number of esters is 1. The number of rotatable bonds is 11. The number of amides is 1. The summed E-state index contributed by atoms with van der Waals surface area (Å²) in [5, 5.41) is 2.48. The number of sulfonamides is 1. The SMILES string of the molecule is C=CCN(c1ccc(F)cc1)S(=O)(=O)c1cc(C(=O)OCC(=O)Nc2ccccc2Oc2ccccc2)ccc1Cl. The van der Waals surface area contributed by atoms with Crippen LogP contribution in [0.4, 0.5) is 15.8 Å². The number of para-hydroxylation sites is 3. The van der Waals surface area contributed by atoms with Gasteiger partial charge in [-0.1, -0.05) is 48.0 Å². The molecule has 0 aliphatic heterocycles. The Kier molecular flexibility index (Phi) is 9.38. The normalized spacial score (nSPS) is 10.9. The molecule has 0 fully saturated rings. The number of nitrogens with zero attached hydrogens (tertiary/aromatic N) is 1. The summed E-state index contributed by atoms with van der Waals surface area (Å²) in [6, 6.07) is 24.1. The Bertz CT molecular complexity index is 1660. The highest BCUT2D eigenvalue weighted by Crippen LogP contribution is 2.31. The van der Waals surface area contributed by atoms with E-state index in [0.29, 0.717) is 17.2 Å². The summed E-state index contributed by atoms with van der Waals surface area (Å²) < 4.78 is 52.4. The zero-order valence-corrected chi connectivity index (χ0v) is 23.1. The summed E-state index contributed by atoms with van der Waals surface area (Å²) in [5.41, 5.74) is 0.384. The summed E-state index contributed by atoms with van der Waals surface area (Å²) in [4.78, 5) is 25.0. The van der Waals surface area contributed by atoms with Crippen LogP contribution < -0.4 is 14.4 Å². The first kappa shape index (κ1) is 29.3. The Morgan fingerprint density at radius 1 is 0.951 bits per heavy atom. The number of halogens is 2. The van der Waals surface area contributed by atoms with Gasteiger partial charge in [0.25, 0.3) is 15.9 Å². The van der Waals surface area contributed by atoms with Crippen molar-refractivity contribution in [2.24, 2.45) is 0 Å². The molecule has 11 heteroatoms. The van der Waals surface area contributed by atoms with Crippen LogP contribution in [-0.4, -0.2) is 33.4 Å². The number of nitrogens with one attached hydrogen (secondary N) is 1. The van der Waals surface area contributed by atoms with Crippen molar-refractivity contribution in [2.75, 3.05) is 22.8 Å². The van der Waals surface area contributed by atoms with E-state index in [0.717, 1.165) is 22.5 Å². The van der Waals surface area contributed by atoms with Gasteiger partial charge in [-0.05, 0) is 66.7 Å². The van der Waals surface area contributed by atoms with E-state index < -0.39 is 34.3 Å². The van der Waals surface area contributed by atoms with Crippen molar-refractivity contribution in [2.45, 2.75) is 4.90 Å². The number of hydrogen-bond donors (Lipinski definition) is 1. The molecule has 0 spiro atoms. The summed E-state index contributed by atoms with van der Waals surface area (Å²) in [6.07, 6.45) is 1.36. The van der Waals surface area contributed by atoms with Crippen LogP contribution in [0.5, 0.6) is 11.5 Å². The van der Waals surface area contributed by atoms with Crippen LogP contribution in [0.25, 0.3) is 0 Å². The molecular formula is C30H24ClFN2O6S. The van der Waals surface area contributed by atoms with Crippen molar-refractivity contribution >= 4 is 44.9 Å². The predicted octanol–water partition coefficient (Wildman–Crippen LogP) is 6.45. The van der Waals surface area contributed by atoms with Crippen molar-refractivity contribution in [1.82, 2.24) is 0 Å². The molecule has 0 aliphatic rings. The van der Waals surface area contributed by atoms with E-state index in [1.165, 1.54) is 30.3 Å². The van der Waals surface area contributed by atoms with Gasteiger partial charge in [-0.15, -0.1) is 6.58 Å². The van der Waals surface area contributed by atoms with Crippen LogP contribution in [0.3, 0.4) is 0 Å². The van der Waals surface area contributed by atoms with Crippen LogP contribution in [0.15, 0.2) is 115 Å². The lowest BCUT2D eigenvalue weighted by Gasteiger charge is -2.24. The van der Waals surface area contributed by atoms with Crippen LogP contribution in [0, 0.1) is 5.82 Å². The van der Waals surface area contributed by atoms with Crippen LogP contribution in [0.2, 0.25) is 5.02 Å². The Morgan fingerprint density at radius 3 is 2.34 bits per heavy atom. The lowest BCUT2D eigenvalue weighted by molar-refractivity contribution is -0.119. The second-order valence-corrected chi connectivity index (χ2v) is 10.7. The fourth-order valence-electron chi connectivity index (χ4n) is 3.69. The molecule has 1 N–H and O–H groups in total. The molecule has 8 nitrogen and oxygen atoms in total. The third-order valence-electron chi connectivity index (χ3n) is 5.61. The predicted molar refractivity (Wildman–Crippen MR) is 154 cm³/mol. The maximum atomic E-state index is 13.5. The van der Waals surface area contributed by atoms with Crippen molar-refractivity contribution in [3.8, 4) is 11.5 Å². The zero-order chi connectivity index (χ0) is 29.4. The van der Waals surface area contributed by atoms with Gasteiger partial charge in [-0.2, -0.15) is 0 Å². The lowest BCUT2D eigenvalue weighted by Crippen LogP contribution is -2.31. The van der Waals surface area contributed by atoms with Crippen molar-refractivity contribution in [3.05, 3.63) is 126 Å². The number of benzene rings is 4. The summed E-state index contributed by atoms with van der Waals surface area (Å²) in [7, 11) is -4.31. The molecule has 0 saturated carbocycles. The Morgan fingerprint density at radius 2 is 1.63 bits per heavy atom. The van der Waals surface area contributed by atoms with Gasteiger partial charge in [-0.3, -0.25) is 9.10 Å². The maximum Gasteiger partial charge on any atom is 0.338 e. The highest BCUT2D eigenvalue weighted by atomic mass is 35.5. The minimum Gasteiger partial charge on any atom is -0.455 e. The first-order valence-electron chi connectivity index (χ1n) is 12.2. The van der Waals surface area contributed by atoms with Gasteiger partial charge in [0.15, 0.2) is 12.4 Å². The molecule has 4 rings (SSSR count). The van der Waals surface area contributed by atoms with E-state index >= 15 is 0 Å². The quantitative estimate of drug-likeness (QED) is 0.158. The average molecular weight is 595 g/mol. The summed E-state index contributed by atoms with van der Waals surface area (Å²) in [5.74, 6) is -1.17. The molecule has 1 amide bonds. The molecule has 0 radical (unpaired) electrons. The lowest BCUT2D eigenvalue weighted by atomic mass is 10.2. The number of ether oxygens (including phenoxy) is 2. The van der Waals surface area contributed by atoms with Gasteiger partial charge in [-0.25, -0.2) is 17.6 Å². The van der Waals surface area contributed by atoms with Gasteiger partial charge >= 0.3 is 5.97 Å². The van der Waals surface area contributed by atoms with Crippen molar-refractivity contribution < 1.29 is 31.9 Å². The minimum absolute atomic E-state index is 0.144. The van der Waals surface area contributed by atoms with E-state index in [1.54, 1.807) is 36.4 Å². The average Bonchev–Trinajstić information content (AvgIpc) is 2.97. The third-order valence-corrected chi connectivity index (χ3v) is 7.89. The van der Waals surface area contributed by atoms with E-state index in [-0.39, 0.29) is 27.7 Å². The van der Waals surface area contributed by atoms with Crippen LogP contribution in [-0.2, 0) is 19.6 Å². The van der Waals surface area contributed by atoms with E-state index in [9.17, 15) is 22.4 Å². The zero-order valence-electron chi connectivity index (χ0n) is 21.5. The second kappa shape index (κ2) is 13.1. The molecule has 4 aromatic rings. The molecule has 0 heterocycles.